The lowest BCUT2D eigenvalue weighted by molar-refractivity contribution is -0.113. The summed E-state index contributed by atoms with van der Waals surface area (Å²) in [6.45, 7) is 6.11. The molecule has 134 valence electrons. The van der Waals surface area contributed by atoms with Gasteiger partial charge in [0.25, 0.3) is 5.89 Å². The first-order chi connectivity index (χ1) is 12.5. The molecule has 1 heterocycles. The quantitative estimate of drug-likeness (QED) is 0.693. The van der Waals surface area contributed by atoms with E-state index in [1.165, 1.54) is 22.9 Å². The van der Waals surface area contributed by atoms with Crippen LogP contribution in [0.25, 0.3) is 11.5 Å². The topological polar surface area (TPSA) is 68.0 Å². The summed E-state index contributed by atoms with van der Waals surface area (Å²) < 4.78 is 5.29. The van der Waals surface area contributed by atoms with Crippen LogP contribution in [0.3, 0.4) is 0 Å². The van der Waals surface area contributed by atoms with Gasteiger partial charge in [-0.1, -0.05) is 28.9 Å². The summed E-state index contributed by atoms with van der Waals surface area (Å²) in [7, 11) is 0. The van der Waals surface area contributed by atoms with E-state index >= 15 is 0 Å². The number of hydrogen-bond acceptors (Lipinski definition) is 5. The first kappa shape index (κ1) is 18.2. The smallest absolute Gasteiger partial charge is 0.257 e. The average molecular weight is 367 g/mol. The summed E-state index contributed by atoms with van der Waals surface area (Å²) >= 11 is 1.45. The number of carbonyl (C=O) groups is 1. The first-order valence-corrected chi connectivity index (χ1v) is 9.51. The number of hydrogen-bond donors (Lipinski definition) is 1. The van der Waals surface area contributed by atoms with Crippen LogP contribution in [0.4, 0.5) is 5.69 Å². The van der Waals surface area contributed by atoms with Gasteiger partial charge < -0.3 is 9.84 Å². The summed E-state index contributed by atoms with van der Waals surface area (Å²) in [4.78, 5) is 16.4. The Morgan fingerprint density at radius 2 is 1.85 bits per heavy atom. The third kappa shape index (κ3) is 4.73. The van der Waals surface area contributed by atoms with Crippen LogP contribution in [0.1, 0.15) is 22.5 Å². The zero-order valence-corrected chi connectivity index (χ0v) is 15.9. The second kappa shape index (κ2) is 8.19. The highest BCUT2D eigenvalue weighted by Crippen LogP contribution is 2.20. The Labute approximate surface area is 157 Å². The largest absolute Gasteiger partial charge is 0.334 e. The molecule has 1 N–H and O–H groups in total. The molecular weight excluding hydrogens is 346 g/mol. The Morgan fingerprint density at radius 1 is 1.08 bits per heavy atom. The van der Waals surface area contributed by atoms with Crippen molar-refractivity contribution in [3.8, 4) is 11.5 Å². The van der Waals surface area contributed by atoms with Gasteiger partial charge in [-0.25, -0.2) is 0 Å². The number of carbonyl (C=O) groups excluding carboxylic acids is 1. The van der Waals surface area contributed by atoms with E-state index in [0.717, 1.165) is 16.8 Å². The summed E-state index contributed by atoms with van der Waals surface area (Å²) in [5.74, 6) is 1.90. The van der Waals surface area contributed by atoms with Crippen LogP contribution >= 0.6 is 11.8 Å². The third-order valence-electron chi connectivity index (χ3n) is 4.02. The normalized spacial score (nSPS) is 10.7. The molecule has 26 heavy (non-hydrogen) atoms. The van der Waals surface area contributed by atoms with Crippen molar-refractivity contribution >= 4 is 23.4 Å². The molecule has 6 heteroatoms. The number of aryl methyl sites for hydroxylation is 3. The van der Waals surface area contributed by atoms with Crippen molar-refractivity contribution < 1.29 is 9.32 Å². The van der Waals surface area contributed by atoms with Crippen LogP contribution in [0, 0.1) is 20.8 Å². The molecule has 5 nitrogen and oxygen atoms in total. The Kier molecular flexibility index (Phi) is 5.73. The van der Waals surface area contributed by atoms with Gasteiger partial charge in [0.05, 0.1) is 11.5 Å². The minimum Gasteiger partial charge on any atom is -0.334 e. The lowest BCUT2D eigenvalue weighted by Crippen LogP contribution is -2.14. The van der Waals surface area contributed by atoms with Crippen LogP contribution in [0.2, 0.25) is 0 Å². The highest BCUT2D eigenvalue weighted by Gasteiger charge is 2.10. The monoisotopic (exact) mass is 367 g/mol. The zero-order chi connectivity index (χ0) is 18.5. The van der Waals surface area contributed by atoms with Crippen LogP contribution < -0.4 is 5.32 Å². The van der Waals surface area contributed by atoms with Gasteiger partial charge in [0, 0.05) is 11.3 Å². The molecule has 0 bridgehead atoms. The number of amides is 1. The van der Waals surface area contributed by atoms with Crippen molar-refractivity contribution in [2.24, 2.45) is 0 Å². The molecule has 1 aromatic heterocycles. The molecular formula is C20H21N3O2S. The molecule has 0 spiro atoms. The summed E-state index contributed by atoms with van der Waals surface area (Å²) in [6, 6.07) is 13.8. The van der Waals surface area contributed by atoms with E-state index in [1.807, 2.05) is 63.2 Å². The van der Waals surface area contributed by atoms with Gasteiger partial charge in [0.2, 0.25) is 5.91 Å². The van der Waals surface area contributed by atoms with E-state index < -0.39 is 0 Å². The van der Waals surface area contributed by atoms with Crippen LogP contribution in [-0.2, 0) is 10.5 Å². The van der Waals surface area contributed by atoms with E-state index in [2.05, 4.69) is 15.5 Å². The van der Waals surface area contributed by atoms with E-state index in [4.69, 9.17) is 4.52 Å². The van der Waals surface area contributed by atoms with Crippen LogP contribution in [0.5, 0.6) is 0 Å². The molecule has 1 amide bonds. The fraction of sp³-hybridized carbons (Fsp3) is 0.250. The van der Waals surface area contributed by atoms with Gasteiger partial charge >= 0.3 is 0 Å². The number of nitrogens with one attached hydrogen (secondary N) is 1. The standard InChI is InChI=1S/C20H21N3O2S/c1-13-4-7-16(8-5-13)20-22-18(23-25-20)11-26-12-19(24)21-17-9-6-14(2)15(3)10-17/h4-10H,11-12H2,1-3H3,(H,21,24). The number of anilines is 1. The molecule has 0 aliphatic rings. The van der Waals surface area contributed by atoms with Gasteiger partial charge in [-0.2, -0.15) is 4.98 Å². The first-order valence-electron chi connectivity index (χ1n) is 8.36. The van der Waals surface area contributed by atoms with E-state index in [1.54, 1.807) is 0 Å². The predicted molar refractivity (Wildman–Crippen MR) is 105 cm³/mol. The van der Waals surface area contributed by atoms with E-state index in [0.29, 0.717) is 23.2 Å². The highest BCUT2D eigenvalue weighted by atomic mass is 32.2. The average Bonchev–Trinajstić information content (AvgIpc) is 3.08. The molecule has 0 unspecified atom stereocenters. The fourth-order valence-corrected chi connectivity index (χ4v) is 3.04. The fourth-order valence-electron chi connectivity index (χ4n) is 2.38. The molecule has 3 rings (SSSR count). The van der Waals surface area contributed by atoms with Crippen LogP contribution in [-0.4, -0.2) is 21.8 Å². The predicted octanol–water partition coefficient (Wildman–Crippen LogP) is 4.53. The van der Waals surface area contributed by atoms with Crippen molar-refractivity contribution in [1.29, 1.82) is 0 Å². The minimum absolute atomic E-state index is 0.0412. The summed E-state index contributed by atoms with van der Waals surface area (Å²) in [5, 5.41) is 6.89. The zero-order valence-electron chi connectivity index (χ0n) is 15.1. The van der Waals surface area contributed by atoms with Crippen molar-refractivity contribution in [1.82, 2.24) is 10.1 Å². The van der Waals surface area contributed by atoms with Crippen molar-refractivity contribution in [2.75, 3.05) is 11.1 Å². The molecule has 0 aliphatic heterocycles. The lowest BCUT2D eigenvalue weighted by Gasteiger charge is -2.07. The van der Waals surface area contributed by atoms with Crippen molar-refractivity contribution in [3.63, 3.8) is 0 Å². The Hall–Kier alpha value is -2.60. The number of nitrogens with zero attached hydrogens (tertiary/aromatic N) is 2. The number of thioether (sulfide) groups is 1. The van der Waals surface area contributed by atoms with Gasteiger partial charge in [-0.3, -0.25) is 4.79 Å². The molecule has 2 aromatic carbocycles. The number of rotatable bonds is 6. The molecule has 3 aromatic rings. The molecule has 0 atom stereocenters. The second-order valence-corrected chi connectivity index (χ2v) is 7.21. The Morgan fingerprint density at radius 3 is 2.58 bits per heavy atom. The maximum Gasteiger partial charge on any atom is 0.257 e. The summed E-state index contributed by atoms with van der Waals surface area (Å²) in [6.07, 6.45) is 0. The lowest BCUT2D eigenvalue weighted by atomic mass is 10.1. The van der Waals surface area contributed by atoms with Crippen molar-refractivity contribution in [2.45, 2.75) is 26.5 Å². The highest BCUT2D eigenvalue weighted by molar-refractivity contribution is 7.99. The molecule has 0 fully saturated rings. The number of aromatic nitrogens is 2. The SMILES string of the molecule is Cc1ccc(-c2nc(CSCC(=O)Nc3ccc(C)c(C)c3)no2)cc1. The Balaban J connectivity index is 1.49. The maximum absolute atomic E-state index is 12.1. The van der Waals surface area contributed by atoms with Gasteiger partial charge in [-0.05, 0) is 56.2 Å². The molecule has 0 saturated carbocycles. The van der Waals surface area contributed by atoms with E-state index in [-0.39, 0.29) is 5.91 Å². The van der Waals surface area contributed by atoms with Crippen LogP contribution in [0.15, 0.2) is 47.0 Å². The van der Waals surface area contributed by atoms with Gasteiger partial charge in [0.1, 0.15) is 0 Å². The summed E-state index contributed by atoms with van der Waals surface area (Å²) in [5.41, 5.74) is 5.26. The van der Waals surface area contributed by atoms with Gasteiger partial charge in [-0.15, -0.1) is 11.8 Å². The maximum atomic E-state index is 12.1. The minimum atomic E-state index is -0.0412. The molecule has 0 aliphatic carbocycles. The van der Waals surface area contributed by atoms with Gasteiger partial charge in [0.15, 0.2) is 5.82 Å². The molecule has 0 radical (unpaired) electrons. The third-order valence-corrected chi connectivity index (χ3v) is 4.95. The number of benzene rings is 2. The van der Waals surface area contributed by atoms with Crippen molar-refractivity contribution in [3.05, 3.63) is 65.0 Å². The Bertz CT molecular complexity index is 904. The van der Waals surface area contributed by atoms with E-state index in [9.17, 15) is 4.79 Å². The molecule has 0 saturated heterocycles. The second-order valence-electron chi connectivity index (χ2n) is 6.22.